The molecule has 1 heteroatoms. The molecule has 0 saturated heterocycles. The minimum atomic E-state index is -1.27. The molecule has 1 aliphatic carbocycles. The first-order valence-corrected chi connectivity index (χ1v) is 9.03. The summed E-state index contributed by atoms with van der Waals surface area (Å²) in [5, 5.41) is 0.428. The minimum absolute atomic E-state index is 0.428. The van der Waals surface area contributed by atoms with Gasteiger partial charge in [-0.2, -0.15) is 0 Å². The zero-order valence-electron chi connectivity index (χ0n) is 10.9. The van der Waals surface area contributed by atoms with E-state index in [9.17, 15) is 0 Å². The first-order valence-electron chi connectivity index (χ1n) is 5.96. The van der Waals surface area contributed by atoms with Crippen molar-refractivity contribution in [3.05, 3.63) is 29.2 Å². The molecule has 0 heterocycles. The molecule has 0 nitrogen and oxygen atoms in total. The van der Waals surface area contributed by atoms with E-state index in [2.05, 4.69) is 57.4 Å². The Morgan fingerprint density at radius 1 is 1.33 bits per heavy atom. The third-order valence-corrected chi connectivity index (χ3v) is 8.48. The molecule has 0 aliphatic heterocycles. The van der Waals surface area contributed by atoms with Crippen molar-refractivity contribution in [3.63, 3.8) is 0 Å². The van der Waals surface area contributed by atoms with Crippen molar-refractivity contribution >= 4 is 8.07 Å². The van der Waals surface area contributed by atoms with Gasteiger partial charge in [-0.3, -0.25) is 0 Å². The molecule has 0 saturated carbocycles. The van der Waals surface area contributed by atoms with Crippen LogP contribution in [0.4, 0.5) is 0 Å². The molecule has 0 aromatic rings. The van der Waals surface area contributed by atoms with Crippen molar-refractivity contribution in [2.24, 2.45) is 0 Å². The van der Waals surface area contributed by atoms with Crippen LogP contribution in [-0.2, 0) is 0 Å². The van der Waals surface area contributed by atoms with Crippen molar-refractivity contribution in [2.45, 2.75) is 58.2 Å². The van der Waals surface area contributed by atoms with Gasteiger partial charge >= 0.3 is 0 Å². The lowest BCUT2D eigenvalue weighted by molar-refractivity contribution is 0.729. The predicted molar refractivity (Wildman–Crippen MR) is 71.8 cm³/mol. The molecule has 0 atom stereocenters. The Bertz CT molecular complexity index is 307. The molecule has 0 radical (unpaired) electrons. The highest BCUT2D eigenvalue weighted by atomic mass is 28.3. The largest absolute Gasteiger partial charge is 0.129 e. The Morgan fingerprint density at radius 3 is 2.47 bits per heavy atom. The van der Waals surface area contributed by atoms with Gasteiger partial charge in [0, 0.05) is 0 Å². The van der Waals surface area contributed by atoms with Gasteiger partial charge in [-0.05, 0) is 35.9 Å². The van der Waals surface area contributed by atoms with Crippen LogP contribution in [0.5, 0.6) is 0 Å². The van der Waals surface area contributed by atoms with E-state index in [0.717, 1.165) is 0 Å². The van der Waals surface area contributed by atoms with Crippen LogP contribution in [0.3, 0.4) is 0 Å². The molecule has 0 aromatic heterocycles. The summed E-state index contributed by atoms with van der Waals surface area (Å²) in [6, 6.07) is 0. The number of allylic oxidation sites excluding steroid dienone is 3. The molecule has 0 fully saturated rings. The van der Waals surface area contributed by atoms with Gasteiger partial charge in [0.25, 0.3) is 0 Å². The van der Waals surface area contributed by atoms with Crippen LogP contribution < -0.4 is 0 Å². The van der Waals surface area contributed by atoms with Crippen molar-refractivity contribution in [1.29, 1.82) is 0 Å². The summed E-state index contributed by atoms with van der Waals surface area (Å²) in [4.78, 5) is 0. The summed E-state index contributed by atoms with van der Waals surface area (Å²) in [7, 11) is -1.27. The monoisotopic (exact) mass is 220 g/mol. The second-order valence-electron chi connectivity index (χ2n) is 6.10. The normalized spacial score (nSPS) is 17.0. The second-order valence-corrected chi connectivity index (χ2v) is 11.3. The van der Waals surface area contributed by atoms with Gasteiger partial charge in [0.2, 0.25) is 0 Å². The smallest absolute Gasteiger partial charge is 0.0865 e. The van der Waals surface area contributed by atoms with E-state index in [1.54, 1.807) is 0 Å². The number of hydrogen-bond acceptors (Lipinski definition) is 0. The molecule has 0 bridgehead atoms. The summed E-state index contributed by atoms with van der Waals surface area (Å²) in [5.41, 5.74) is 7.25. The average molecular weight is 220 g/mol. The maximum atomic E-state index is 3.42. The molecular formula is C14H24Si. The van der Waals surface area contributed by atoms with Crippen LogP contribution in [0.25, 0.3) is 0 Å². The molecule has 0 aromatic carbocycles. The molecule has 0 amide bonds. The summed E-state index contributed by atoms with van der Waals surface area (Å²) in [5.74, 6) is 0. The quantitative estimate of drug-likeness (QED) is 0.461. The van der Waals surface area contributed by atoms with E-state index in [1.807, 2.05) is 0 Å². The van der Waals surface area contributed by atoms with Crippen LogP contribution >= 0.6 is 0 Å². The number of hydrogen-bond donors (Lipinski definition) is 0. The Hall–Kier alpha value is -0.523. The lowest BCUT2D eigenvalue weighted by atomic mass is 10.2. The van der Waals surface area contributed by atoms with Gasteiger partial charge in [0.1, 0.15) is 0 Å². The maximum Gasteiger partial charge on any atom is 0.0865 e. The fourth-order valence-electron chi connectivity index (χ4n) is 1.40. The highest BCUT2D eigenvalue weighted by molar-refractivity contribution is 6.84. The first-order chi connectivity index (χ1) is 6.83. The molecule has 0 spiro atoms. The number of rotatable bonds is 2. The second kappa shape index (κ2) is 4.55. The van der Waals surface area contributed by atoms with Gasteiger partial charge < -0.3 is 0 Å². The highest BCUT2D eigenvalue weighted by Gasteiger charge is 2.32. The van der Waals surface area contributed by atoms with Crippen LogP contribution in [-0.4, -0.2) is 8.07 Å². The van der Waals surface area contributed by atoms with Gasteiger partial charge in [-0.25, -0.2) is 0 Å². The van der Waals surface area contributed by atoms with E-state index in [-0.39, 0.29) is 0 Å². The maximum absolute atomic E-state index is 3.42. The van der Waals surface area contributed by atoms with Gasteiger partial charge in [-0.15, -0.1) is 5.73 Å². The molecule has 84 valence electrons. The van der Waals surface area contributed by atoms with Crippen LogP contribution in [0, 0.1) is 0 Å². The van der Waals surface area contributed by atoms with Crippen molar-refractivity contribution in [1.82, 2.24) is 0 Å². The Morgan fingerprint density at radius 2 is 2.00 bits per heavy atom. The van der Waals surface area contributed by atoms with Crippen LogP contribution in [0.15, 0.2) is 29.2 Å². The first kappa shape index (κ1) is 12.5. The fourth-order valence-corrected chi connectivity index (χ4v) is 2.33. The van der Waals surface area contributed by atoms with E-state index >= 15 is 0 Å². The topological polar surface area (TPSA) is 0 Å². The van der Waals surface area contributed by atoms with E-state index in [4.69, 9.17) is 0 Å². The molecule has 15 heavy (non-hydrogen) atoms. The fraction of sp³-hybridized carbons (Fsp3) is 0.643. The SMILES string of the molecule is CC(C)(C)[Si](C)(C)C=C=CC1=CCCC1. The lowest BCUT2D eigenvalue weighted by Crippen LogP contribution is -2.34. The van der Waals surface area contributed by atoms with Crippen LogP contribution in [0.2, 0.25) is 18.1 Å². The summed E-state index contributed by atoms with van der Waals surface area (Å²) >= 11 is 0. The van der Waals surface area contributed by atoms with E-state index in [1.165, 1.54) is 24.8 Å². The van der Waals surface area contributed by atoms with Gasteiger partial charge in [-0.1, -0.05) is 45.6 Å². The molecule has 1 rings (SSSR count). The zero-order valence-corrected chi connectivity index (χ0v) is 11.9. The third kappa shape index (κ3) is 3.51. The highest BCUT2D eigenvalue weighted by Crippen LogP contribution is 2.36. The summed E-state index contributed by atoms with van der Waals surface area (Å²) in [6.07, 6.45) is 8.36. The van der Waals surface area contributed by atoms with E-state index < -0.39 is 8.07 Å². The Labute approximate surface area is 95.8 Å². The van der Waals surface area contributed by atoms with E-state index in [0.29, 0.717) is 5.04 Å². The predicted octanol–water partition coefficient (Wildman–Crippen LogP) is 4.86. The summed E-state index contributed by atoms with van der Waals surface area (Å²) in [6.45, 7) is 11.8. The Balaban J connectivity index is 2.71. The minimum Gasteiger partial charge on any atom is -0.129 e. The third-order valence-electron chi connectivity index (χ3n) is 3.72. The van der Waals surface area contributed by atoms with Crippen molar-refractivity contribution in [2.75, 3.05) is 0 Å². The molecule has 1 aliphatic rings. The van der Waals surface area contributed by atoms with Crippen LogP contribution in [0.1, 0.15) is 40.0 Å². The van der Waals surface area contributed by atoms with Gasteiger partial charge in [0.15, 0.2) is 0 Å². The molecular weight excluding hydrogens is 196 g/mol. The summed E-state index contributed by atoms with van der Waals surface area (Å²) < 4.78 is 0. The van der Waals surface area contributed by atoms with Gasteiger partial charge in [0.05, 0.1) is 8.07 Å². The average Bonchev–Trinajstić information content (AvgIpc) is 2.54. The standard InChI is InChI=1S/C14H24Si/c1-14(2,3)15(4,5)12-8-11-13-9-6-7-10-13/h9,11-12H,6-7,10H2,1-5H3. The molecule has 0 unspecified atom stereocenters. The lowest BCUT2D eigenvalue weighted by Gasteiger charge is -2.33. The van der Waals surface area contributed by atoms with Crippen molar-refractivity contribution < 1.29 is 0 Å². The Kier molecular flexibility index (Phi) is 3.80. The molecule has 0 N–H and O–H groups in total. The zero-order chi connectivity index (χ0) is 11.5. The van der Waals surface area contributed by atoms with Crippen molar-refractivity contribution in [3.8, 4) is 0 Å².